The molecule has 11 rings (SSSR count). The Balaban J connectivity index is 1.23. The average Bonchev–Trinajstić information content (AvgIpc) is 3.54. The van der Waals surface area contributed by atoms with Crippen molar-refractivity contribution in [2.24, 2.45) is 0 Å². The van der Waals surface area contributed by atoms with Crippen LogP contribution in [-0.2, 0) is 14.4 Å². The lowest BCUT2D eigenvalue weighted by atomic mass is 10.0. The first-order valence-electron chi connectivity index (χ1n) is 18.5. The summed E-state index contributed by atoms with van der Waals surface area (Å²) in [6.45, 7) is 0. The van der Waals surface area contributed by atoms with Gasteiger partial charge < -0.3 is 14.4 Å². The Morgan fingerprint density at radius 1 is 0.386 bits per heavy atom. The van der Waals surface area contributed by atoms with E-state index in [2.05, 4.69) is 82.6 Å². The molecule has 0 aliphatic carbocycles. The van der Waals surface area contributed by atoms with Crippen LogP contribution in [0.4, 0.5) is 34.1 Å². The van der Waals surface area contributed by atoms with E-state index in [-0.39, 0.29) is 9.79 Å². The monoisotopic (exact) mass is 810 g/mol. The molecule has 5 nitrogen and oxygen atoms in total. The Hall–Kier alpha value is -5.76. The molecule has 57 heavy (non-hydrogen) atoms. The molecule has 9 heteroatoms. The molecular weight excluding hydrogens is 780 g/mol. The number of benzene rings is 8. The molecule has 0 atom stereocenters. The minimum absolute atomic E-state index is 0.0986. The number of sulfone groups is 1. The molecule has 0 saturated heterocycles. The van der Waals surface area contributed by atoms with Crippen LogP contribution in [0.15, 0.2) is 217 Å². The van der Waals surface area contributed by atoms with Crippen LogP contribution in [0.5, 0.6) is 0 Å². The van der Waals surface area contributed by atoms with Gasteiger partial charge in [-0.3, -0.25) is 0 Å². The molecule has 274 valence electrons. The lowest BCUT2D eigenvalue weighted by Crippen LogP contribution is -2.29. The van der Waals surface area contributed by atoms with E-state index in [0.29, 0.717) is 15.9 Å². The van der Waals surface area contributed by atoms with Gasteiger partial charge in [0.05, 0.1) is 54.5 Å². The van der Waals surface area contributed by atoms with E-state index in [1.807, 2.05) is 66.7 Å². The van der Waals surface area contributed by atoms with Crippen LogP contribution in [0.1, 0.15) is 0 Å². The highest BCUT2D eigenvalue weighted by Gasteiger charge is 2.47. The standard InChI is InChI=1S/C48H31N2O3PS3/c51-54(32-15-12-18-34(31-32)57(52,53)33-16-2-1-3-17-33)47-35(19-13-25-41(47)49-37-21-4-8-27-43(37)55-44-28-9-5-22-38(44)49)36-20-14-26-42(48(36)54)50-39-23-6-10-29-45(39)56-46-30-11-7-24-40(46)50/h1-31H. The van der Waals surface area contributed by atoms with Crippen molar-refractivity contribution in [3.8, 4) is 11.1 Å². The fraction of sp³-hybridized carbons (Fsp3) is 0. The molecule has 0 bridgehead atoms. The van der Waals surface area contributed by atoms with E-state index in [1.54, 1.807) is 72.1 Å². The Labute approximate surface area is 339 Å². The Kier molecular flexibility index (Phi) is 7.96. The normalized spacial score (nSPS) is 14.5. The van der Waals surface area contributed by atoms with Crippen molar-refractivity contribution >= 4 is 90.5 Å². The first-order chi connectivity index (χ1) is 27.9. The molecule has 8 aromatic rings. The number of nitrogens with zero attached hydrogens (tertiary/aromatic N) is 2. The second kappa shape index (κ2) is 13.2. The highest BCUT2D eigenvalue weighted by Crippen LogP contribution is 2.61. The van der Waals surface area contributed by atoms with Gasteiger partial charge in [0.15, 0.2) is 7.14 Å². The van der Waals surface area contributed by atoms with Crippen molar-refractivity contribution in [1.82, 2.24) is 0 Å². The van der Waals surface area contributed by atoms with Gasteiger partial charge in [-0.05, 0) is 96.1 Å². The first-order valence-corrected chi connectivity index (χ1v) is 23.4. The lowest BCUT2D eigenvalue weighted by molar-refractivity contribution is 0.593. The van der Waals surface area contributed by atoms with Crippen LogP contribution >= 0.6 is 30.7 Å². The summed E-state index contributed by atoms with van der Waals surface area (Å²) in [4.78, 5) is 9.14. The van der Waals surface area contributed by atoms with Gasteiger partial charge in [0, 0.05) is 24.9 Å². The predicted molar refractivity (Wildman–Crippen MR) is 234 cm³/mol. The van der Waals surface area contributed by atoms with Crippen molar-refractivity contribution < 1.29 is 13.0 Å². The number of para-hydroxylation sites is 4. The summed E-state index contributed by atoms with van der Waals surface area (Å²) in [5.41, 5.74) is 7.30. The van der Waals surface area contributed by atoms with Gasteiger partial charge in [0.2, 0.25) is 9.84 Å². The van der Waals surface area contributed by atoms with E-state index in [9.17, 15) is 8.42 Å². The van der Waals surface area contributed by atoms with Gasteiger partial charge in [-0.2, -0.15) is 0 Å². The molecular formula is C48H31N2O3PS3. The maximum Gasteiger partial charge on any atom is 0.206 e. The third kappa shape index (κ3) is 5.18. The SMILES string of the molecule is O=P1(c2cccc(S(=O)(=O)c3ccccc3)c2)c2c(cccc2N2c3ccccc3Sc3ccccc32)-c2cccc(N3c4ccccc4Sc4ccccc43)c21. The molecule has 0 N–H and O–H groups in total. The Bertz CT molecular complexity index is 2870. The van der Waals surface area contributed by atoms with Gasteiger partial charge in [0.25, 0.3) is 0 Å². The minimum atomic E-state index is -3.94. The van der Waals surface area contributed by atoms with Crippen LogP contribution < -0.4 is 25.7 Å². The zero-order valence-corrected chi connectivity index (χ0v) is 33.5. The molecule has 3 aliphatic heterocycles. The van der Waals surface area contributed by atoms with Crippen LogP contribution in [0.2, 0.25) is 0 Å². The second-order valence-electron chi connectivity index (χ2n) is 14.0. The lowest BCUT2D eigenvalue weighted by Gasteiger charge is -2.36. The first kappa shape index (κ1) is 34.5. The molecule has 0 amide bonds. The smallest absolute Gasteiger partial charge is 0.206 e. The summed E-state index contributed by atoms with van der Waals surface area (Å²) in [5, 5.41) is 1.83. The highest BCUT2D eigenvalue weighted by atomic mass is 32.2. The molecule has 0 saturated carbocycles. The van der Waals surface area contributed by atoms with Gasteiger partial charge in [-0.15, -0.1) is 0 Å². The van der Waals surface area contributed by atoms with E-state index < -0.39 is 17.0 Å². The van der Waals surface area contributed by atoms with E-state index >= 15 is 4.57 Å². The summed E-state index contributed by atoms with van der Waals surface area (Å²) in [5.74, 6) is 0. The highest BCUT2D eigenvalue weighted by molar-refractivity contribution is 8.00. The second-order valence-corrected chi connectivity index (χ2v) is 20.8. The predicted octanol–water partition coefficient (Wildman–Crippen LogP) is 12.0. The third-order valence-electron chi connectivity index (χ3n) is 10.8. The van der Waals surface area contributed by atoms with Crippen molar-refractivity contribution in [2.45, 2.75) is 29.4 Å². The van der Waals surface area contributed by atoms with Crippen molar-refractivity contribution in [3.05, 3.63) is 188 Å². The molecule has 3 aliphatic rings. The fourth-order valence-corrected chi connectivity index (χ4v) is 15.4. The quantitative estimate of drug-likeness (QED) is 0.160. The molecule has 0 radical (unpaired) electrons. The number of hydrogen-bond donors (Lipinski definition) is 0. The molecule has 8 aromatic carbocycles. The van der Waals surface area contributed by atoms with Crippen molar-refractivity contribution in [2.75, 3.05) is 9.80 Å². The van der Waals surface area contributed by atoms with E-state index in [1.165, 1.54) is 0 Å². The maximum atomic E-state index is 17.4. The largest absolute Gasteiger partial charge is 0.308 e. The minimum Gasteiger partial charge on any atom is -0.308 e. The number of fused-ring (bicyclic) bond motifs is 7. The number of anilines is 6. The Morgan fingerprint density at radius 3 is 1.21 bits per heavy atom. The summed E-state index contributed by atoms with van der Waals surface area (Å²) in [6, 6.07) is 60.9. The molecule has 0 fully saturated rings. The van der Waals surface area contributed by atoms with Gasteiger partial charge in [0.1, 0.15) is 0 Å². The van der Waals surface area contributed by atoms with Crippen LogP contribution in [0.25, 0.3) is 11.1 Å². The van der Waals surface area contributed by atoms with Gasteiger partial charge in [-0.1, -0.05) is 127 Å². The van der Waals surface area contributed by atoms with Crippen LogP contribution in [0.3, 0.4) is 0 Å². The number of rotatable bonds is 5. The molecule has 3 heterocycles. The topological polar surface area (TPSA) is 57.7 Å². The summed E-state index contributed by atoms with van der Waals surface area (Å²) >= 11 is 3.45. The van der Waals surface area contributed by atoms with Crippen molar-refractivity contribution in [3.63, 3.8) is 0 Å². The van der Waals surface area contributed by atoms with Gasteiger partial charge >= 0.3 is 0 Å². The maximum absolute atomic E-state index is 17.4. The molecule has 0 aromatic heterocycles. The third-order valence-corrected chi connectivity index (χ3v) is 18.1. The average molecular weight is 811 g/mol. The van der Waals surface area contributed by atoms with E-state index in [0.717, 1.165) is 64.8 Å². The number of hydrogen-bond acceptors (Lipinski definition) is 7. The van der Waals surface area contributed by atoms with Crippen LogP contribution in [-0.4, -0.2) is 8.42 Å². The van der Waals surface area contributed by atoms with E-state index in [4.69, 9.17) is 0 Å². The Morgan fingerprint density at radius 2 is 0.754 bits per heavy atom. The fourth-order valence-electron chi connectivity index (χ4n) is 8.40. The summed E-state index contributed by atoms with van der Waals surface area (Å²) in [6.07, 6.45) is 0. The zero-order valence-electron chi connectivity index (χ0n) is 30.2. The van der Waals surface area contributed by atoms with Gasteiger partial charge in [-0.25, -0.2) is 8.42 Å². The molecule has 0 spiro atoms. The van der Waals surface area contributed by atoms with Crippen molar-refractivity contribution in [1.29, 1.82) is 0 Å². The molecule has 0 unspecified atom stereocenters. The zero-order chi connectivity index (χ0) is 38.3. The summed E-state index contributed by atoms with van der Waals surface area (Å²) in [7, 11) is -7.85. The van der Waals surface area contributed by atoms with Crippen LogP contribution in [0, 0.1) is 0 Å². The summed E-state index contributed by atoms with van der Waals surface area (Å²) < 4.78 is 45.9.